The Morgan fingerprint density at radius 1 is 1.10 bits per heavy atom. The van der Waals surface area contributed by atoms with Gasteiger partial charge in [0.25, 0.3) is 0 Å². The summed E-state index contributed by atoms with van der Waals surface area (Å²) in [6.45, 7) is 0. The van der Waals surface area contributed by atoms with Crippen LogP contribution < -0.4 is 19.9 Å². The summed E-state index contributed by atoms with van der Waals surface area (Å²) in [5.74, 6) is 1.50. The molecule has 0 aliphatic rings. The minimum Gasteiger partial charge on any atom is -0.493 e. The standard InChI is InChI=1S/C19H20N4O6S/c1-27-15-8-3-12(11-16(15)28-2)19-22-18(29-23-19)10-9-17(24)21-13-4-6-14(7-5-13)30(20,25)26/h3-8,11H,9-10H2,1-2H3,(H,21,24)(H2,20,25,26). The highest BCUT2D eigenvalue weighted by Gasteiger charge is 2.14. The number of carbonyl (C=O) groups is 1. The molecule has 0 aliphatic carbocycles. The number of sulfonamides is 1. The molecule has 0 saturated carbocycles. The van der Waals surface area contributed by atoms with Gasteiger partial charge in [-0.05, 0) is 42.5 Å². The number of carbonyl (C=O) groups excluding carboxylic acids is 1. The summed E-state index contributed by atoms with van der Waals surface area (Å²) in [6.07, 6.45) is 0.339. The van der Waals surface area contributed by atoms with Crippen LogP contribution in [-0.4, -0.2) is 38.7 Å². The number of hydrogen-bond donors (Lipinski definition) is 2. The van der Waals surface area contributed by atoms with Crippen LogP contribution in [0.3, 0.4) is 0 Å². The number of anilines is 1. The maximum Gasteiger partial charge on any atom is 0.238 e. The molecule has 30 heavy (non-hydrogen) atoms. The molecule has 1 aromatic heterocycles. The van der Waals surface area contributed by atoms with E-state index in [2.05, 4.69) is 15.5 Å². The second-order valence-electron chi connectivity index (χ2n) is 6.20. The Hall–Kier alpha value is -3.44. The van der Waals surface area contributed by atoms with Crippen molar-refractivity contribution in [2.45, 2.75) is 17.7 Å². The van der Waals surface area contributed by atoms with Crippen LogP contribution in [0.25, 0.3) is 11.4 Å². The highest BCUT2D eigenvalue weighted by molar-refractivity contribution is 7.89. The first-order chi connectivity index (χ1) is 14.3. The molecule has 0 saturated heterocycles. The zero-order chi connectivity index (χ0) is 21.7. The van der Waals surface area contributed by atoms with Crippen molar-refractivity contribution < 1.29 is 27.2 Å². The van der Waals surface area contributed by atoms with Crippen LogP contribution in [0.1, 0.15) is 12.3 Å². The van der Waals surface area contributed by atoms with Gasteiger partial charge in [0.1, 0.15) is 0 Å². The Kier molecular flexibility index (Phi) is 6.33. The highest BCUT2D eigenvalue weighted by atomic mass is 32.2. The first-order valence-corrected chi connectivity index (χ1v) is 10.3. The number of methoxy groups -OCH3 is 2. The molecule has 11 heteroatoms. The van der Waals surface area contributed by atoms with Crippen LogP contribution in [-0.2, 0) is 21.2 Å². The van der Waals surface area contributed by atoms with E-state index in [0.717, 1.165) is 0 Å². The quantitative estimate of drug-likeness (QED) is 0.549. The van der Waals surface area contributed by atoms with Crippen LogP contribution in [0.2, 0.25) is 0 Å². The number of amides is 1. The summed E-state index contributed by atoms with van der Waals surface area (Å²) >= 11 is 0. The summed E-state index contributed by atoms with van der Waals surface area (Å²) in [7, 11) is -0.701. The zero-order valence-electron chi connectivity index (χ0n) is 16.3. The average Bonchev–Trinajstić information content (AvgIpc) is 3.20. The second kappa shape index (κ2) is 8.93. The van der Waals surface area contributed by atoms with E-state index in [-0.39, 0.29) is 23.6 Å². The monoisotopic (exact) mass is 432 g/mol. The fourth-order valence-corrected chi connectivity index (χ4v) is 3.14. The predicted molar refractivity (Wildman–Crippen MR) is 108 cm³/mol. The van der Waals surface area contributed by atoms with Crippen molar-refractivity contribution in [1.29, 1.82) is 0 Å². The lowest BCUT2D eigenvalue weighted by molar-refractivity contribution is -0.116. The van der Waals surface area contributed by atoms with E-state index in [1.54, 1.807) is 25.3 Å². The average molecular weight is 432 g/mol. The lowest BCUT2D eigenvalue weighted by atomic mass is 10.2. The van der Waals surface area contributed by atoms with Gasteiger partial charge in [-0.25, -0.2) is 13.6 Å². The third-order valence-corrected chi connectivity index (χ3v) is 5.07. The van der Waals surface area contributed by atoms with Gasteiger partial charge in [-0.1, -0.05) is 5.16 Å². The highest BCUT2D eigenvalue weighted by Crippen LogP contribution is 2.31. The number of benzene rings is 2. The molecule has 2 aromatic carbocycles. The van der Waals surface area contributed by atoms with E-state index in [1.165, 1.54) is 31.4 Å². The first-order valence-electron chi connectivity index (χ1n) is 8.78. The van der Waals surface area contributed by atoms with Gasteiger partial charge in [-0.3, -0.25) is 4.79 Å². The van der Waals surface area contributed by atoms with Crippen LogP contribution in [0.4, 0.5) is 5.69 Å². The molecule has 1 heterocycles. The van der Waals surface area contributed by atoms with E-state index in [0.29, 0.717) is 34.5 Å². The number of aryl methyl sites for hydroxylation is 1. The lowest BCUT2D eigenvalue weighted by Gasteiger charge is -2.07. The largest absolute Gasteiger partial charge is 0.493 e. The molecular weight excluding hydrogens is 412 g/mol. The minimum atomic E-state index is -3.78. The Morgan fingerprint density at radius 3 is 2.43 bits per heavy atom. The van der Waals surface area contributed by atoms with Gasteiger partial charge in [0, 0.05) is 24.1 Å². The maximum absolute atomic E-state index is 12.1. The Labute approximate surface area is 173 Å². The van der Waals surface area contributed by atoms with E-state index in [4.69, 9.17) is 19.1 Å². The fourth-order valence-electron chi connectivity index (χ4n) is 2.62. The molecule has 0 atom stereocenters. The predicted octanol–water partition coefficient (Wildman–Crippen LogP) is 1.97. The molecule has 0 spiro atoms. The molecule has 0 fully saturated rings. The van der Waals surface area contributed by atoms with Crippen molar-refractivity contribution in [3.8, 4) is 22.9 Å². The molecule has 10 nitrogen and oxygen atoms in total. The van der Waals surface area contributed by atoms with Crippen molar-refractivity contribution in [3.63, 3.8) is 0 Å². The smallest absolute Gasteiger partial charge is 0.238 e. The van der Waals surface area contributed by atoms with E-state index in [9.17, 15) is 13.2 Å². The molecule has 3 N–H and O–H groups in total. The number of rotatable bonds is 8. The van der Waals surface area contributed by atoms with Gasteiger partial charge in [0.15, 0.2) is 11.5 Å². The third-order valence-electron chi connectivity index (χ3n) is 4.14. The van der Waals surface area contributed by atoms with Gasteiger partial charge in [0.2, 0.25) is 27.6 Å². The van der Waals surface area contributed by atoms with Crippen LogP contribution >= 0.6 is 0 Å². The van der Waals surface area contributed by atoms with Gasteiger partial charge in [0.05, 0.1) is 19.1 Å². The minimum absolute atomic E-state index is 0.0333. The molecule has 1 amide bonds. The van der Waals surface area contributed by atoms with Crippen molar-refractivity contribution >= 4 is 21.6 Å². The molecule has 0 unspecified atom stereocenters. The number of nitrogens with two attached hydrogens (primary N) is 1. The molecule has 3 aromatic rings. The molecule has 158 valence electrons. The second-order valence-corrected chi connectivity index (χ2v) is 7.76. The number of primary sulfonamides is 1. The van der Waals surface area contributed by atoms with Gasteiger partial charge in [-0.15, -0.1) is 0 Å². The molecular formula is C19H20N4O6S. The SMILES string of the molecule is COc1ccc(-c2noc(CCC(=O)Nc3ccc(S(N)(=O)=O)cc3)n2)cc1OC. The maximum atomic E-state index is 12.1. The number of hydrogen-bond acceptors (Lipinski definition) is 8. The van der Waals surface area contributed by atoms with Crippen molar-refractivity contribution in [1.82, 2.24) is 10.1 Å². The summed E-state index contributed by atoms with van der Waals surface area (Å²) in [5.41, 5.74) is 1.13. The van der Waals surface area contributed by atoms with Crippen molar-refractivity contribution in [3.05, 3.63) is 48.4 Å². The lowest BCUT2D eigenvalue weighted by Crippen LogP contribution is -2.14. The summed E-state index contributed by atoms with van der Waals surface area (Å²) < 4.78 is 38.2. The molecule has 0 aliphatic heterocycles. The number of aromatic nitrogens is 2. The van der Waals surface area contributed by atoms with E-state index in [1.807, 2.05) is 0 Å². The summed E-state index contributed by atoms with van der Waals surface area (Å²) in [6, 6.07) is 10.8. The third kappa shape index (κ3) is 5.13. The molecule has 0 radical (unpaired) electrons. The Bertz CT molecular complexity index is 1140. The van der Waals surface area contributed by atoms with Gasteiger partial charge in [-0.2, -0.15) is 4.98 Å². The van der Waals surface area contributed by atoms with Gasteiger partial charge < -0.3 is 19.3 Å². The van der Waals surface area contributed by atoms with E-state index < -0.39 is 10.0 Å². The topological polar surface area (TPSA) is 147 Å². The van der Waals surface area contributed by atoms with E-state index >= 15 is 0 Å². The summed E-state index contributed by atoms with van der Waals surface area (Å²) in [4.78, 5) is 16.4. The first kappa shape index (κ1) is 21.3. The van der Waals surface area contributed by atoms with Crippen LogP contribution in [0.5, 0.6) is 11.5 Å². The van der Waals surface area contributed by atoms with Gasteiger partial charge >= 0.3 is 0 Å². The number of nitrogens with zero attached hydrogens (tertiary/aromatic N) is 2. The Morgan fingerprint density at radius 2 is 1.80 bits per heavy atom. The molecule has 3 rings (SSSR count). The number of ether oxygens (including phenoxy) is 2. The van der Waals surface area contributed by atoms with Crippen LogP contribution in [0, 0.1) is 0 Å². The summed E-state index contributed by atoms with van der Waals surface area (Å²) in [5, 5.41) is 11.6. The number of nitrogens with one attached hydrogen (secondary N) is 1. The Balaban J connectivity index is 1.59. The fraction of sp³-hybridized carbons (Fsp3) is 0.211. The molecule has 0 bridgehead atoms. The van der Waals surface area contributed by atoms with Crippen molar-refractivity contribution in [2.75, 3.05) is 19.5 Å². The van der Waals surface area contributed by atoms with Crippen LogP contribution in [0.15, 0.2) is 51.9 Å². The van der Waals surface area contributed by atoms with Crippen molar-refractivity contribution in [2.24, 2.45) is 5.14 Å². The normalized spacial score (nSPS) is 11.2. The zero-order valence-corrected chi connectivity index (χ0v) is 17.1.